The zero-order valence-corrected chi connectivity index (χ0v) is 14.2. The second-order valence-corrected chi connectivity index (χ2v) is 8.34. The molecule has 0 amide bonds. The van der Waals surface area contributed by atoms with Crippen LogP contribution in [0.1, 0.15) is 19.3 Å². The summed E-state index contributed by atoms with van der Waals surface area (Å²) in [6.45, 7) is 0.842. The molecule has 0 bridgehead atoms. The number of non-ortho nitro benzene ring substituents is 1. The number of hydrogen-bond acceptors (Lipinski definition) is 6. The molecule has 2 aliphatic rings. The van der Waals surface area contributed by atoms with E-state index >= 15 is 0 Å². The van der Waals surface area contributed by atoms with Crippen LogP contribution < -0.4 is 10.5 Å². The van der Waals surface area contributed by atoms with Crippen LogP contribution in [0.3, 0.4) is 0 Å². The maximum Gasteiger partial charge on any atom is 0.273 e. The number of benzene rings is 1. The summed E-state index contributed by atoms with van der Waals surface area (Å²) >= 11 is 0. The molecule has 3 rings (SSSR count). The van der Waals surface area contributed by atoms with Crippen molar-refractivity contribution in [2.24, 2.45) is 17.6 Å². The van der Waals surface area contributed by atoms with Gasteiger partial charge in [0.05, 0.1) is 18.1 Å². The molecule has 132 valence electrons. The summed E-state index contributed by atoms with van der Waals surface area (Å²) in [7, 11) is -2.47. The number of rotatable bonds is 4. The molecule has 8 nitrogen and oxygen atoms in total. The number of nitrogens with two attached hydrogens (primary N) is 1. The number of nitrogens with zero attached hydrogens (tertiary/aromatic N) is 2. The van der Waals surface area contributed by atoms with E-state index in [1.165, 1.54) is 23.5 Å². The molecule has 0 aromatic heterocycles. The third-order valence-electron chi connectivity index (χ3n) is 5.10. The van der Waals surface area contributed by atoms with Crippen molar-refractivity contribution in [3.8, 4) is 5.75 Å². The molecule has 3 unspecified atom stereocenters. The van der Waals surface area contributed by atoms with Gasteiger partial charge in [-0.2, -0.15) is 4.31 Å². The summed E-state index contributed by atoms with van der Waals surface area (Å²) in [6, 6.07) is 3.60. The van der Waals surface area contributed by atoms with E-state index < -0.39 is 14.9 Å². The number of fused-ring (bicyclic) bond motifs is 1. The van der Waals surface area contributed by atoms with Gasteiger partial charge in [-0.1, -0.05) is 6.42 Å². The topological polar surface area (TPSA) is 116 Å². The van der Waals surface area contributed by atoms with E-state index in [1.807, 2.05) is 0 Å². The molecule has 24 heavy (non-hydrogen) atoms. The number of methoxy groups -OCH3 is 1. The predicted octanol–water partition coefficient (Wildman–Crippen LogP) is 1.35. The van der Waals surface area contributed by atoms with Crippen LogP contribution in [-0.4, -0.2) is 43.9 Å². The van der Waals surface area contributed by atoms with Gasteiger partial charge in [0.2, 0.25) is 10.0 Å². The van der Waals surface area contributed by atoms with Crippen molar-refractivity contribution in [3.05, 3.63) is 28.3 Å². The van der Waals surface area contributed by atoms with Crippen molar-refractivity contribution in [1.29, 1.82) is 0 Å². The van der Waals surface area contributed by atoms with E-state index in [0.717, 1.165) is 25.3 Å². The lowest BCUT2D eigenvalue weighted by atomic mass is 9.78. The lowest BCUT2D eigenvalue weighted by Gasteiger charge is -2.29. The van der Waals surface area contributed by atoms with Crippen LogP contribution in [0.2, 0.25) is 0 Å². The minimum atomic E-state index is -3.78. The average Bonchev–Trinajstić information content (AvgIpc) is 3.00. The minimum Gasteiger partial charge on any atom is -0.495 e. The third kappa shape index (κ3) is 2.87. The second kappa shape index (κ2) is 6.30. The summed E-state index contributed by atoms with van der Waals surface area (Å²) < 4.78 is 32.5. The molecule has 1 aromatic carbocycles. The molecule has 1 heterocycles. The highest BCUT2D eigenvalue weighted by molar-refractivity contribution is 7.89. The Morgan fingerprint density at radius 3 is 2.71 bits per heavy atom. The highest BCUT2D eigenvalue weighted by Crippen LogP contribution is 2.39. The second-order valence-electron chi connectivity index (χ2n) is 6.43. The highest BCUT2D eigenvalue weighted by Gasteiger charge is 2.44. The van der Waals surface area contributed by atoms with Gasteiger partial charge in [0, 0.05) is 25.2 Å². The zero-order chi connectivity index (χ0) is 17.5. The van der Waals surface area contributed by atoms with E-state index in [4.69, 9.17) is 10.5 Å². The van der Waals surface area contributed by atoms with Gasteiger partial charge in [-0.15, -0.1) is 0 Å². The van der Waals surface area contributed by atoms with Crippen molar-refractivity contribution in [3.63, 3.8) is 0 Å². The van der Waals surface area contributed by atoms with E-state index in [-0.39, 0.29) is 34.2 Å². The molecule has 1 aliphatic heterocycles. The largest absolute Gasteiger partial charge is 0.495 e. The first kappa shape index (κ1) is 17.1. The van der Waals surface area contributed by atoms with Crippen LogP contribution in [0.15, 0.2) is 23.1 Å². The van der Waals surface area contributed by atoms with Gasteiger partial charge >= 0.3 is 0 Å². The molecule has 0 spiro atoms. The van der Waals surface area contributed by atoms with Gasteiger partial charge in [-0.3, -0.25) is 10.1 Å². The monoisotopic (exact) mass is 355 g/mol. The SMILES string of the molecule is COc1cc([N+](=O)[O-])ccc1S(=O)(=O)N1CC2CCCC(N)C2C1. The van der Waals surface area contributed by atoms with Gasteiger partial charge in [-0.05, 0) is 30.7 Å². The van der Waals surface area contributed by atoms with Crippen molar-refractivity contribution in [2.45, 2.75) is 30.2 Å². The molecular weight excluding hydrogens is 334 g/mol. The fraction of sp³-hybridized carbons (Fsp3) is 0.600. The highest BCUT2D eigenvalue weighted by atomic mass is 32.2. The van der Waals surface area contributed by atoms with E-state index in [2.05, 4.69) is 0 Å². The van der Waals surface area contributed by atoms with Crippen molar-refractivity contribution in [2.75, 3.05) is 20.2 Å². The lowest BCUT2D eigenvalue weighted by molar-refractivity contribution is -0.385. The minimum absolute atomic E-state index is 0.0108. The molecule has 3 atom stereocenters. The summed E-state index contributed by atoms with van der Waals surface area (Å²) in [5.41, 5.74) is 5.95. The molecule has 2 fully saturated rings. The van der Waals surface area contributed by atoms with Crippen LogP contribution >= 0.6 is 0 Å². The van der Waals surface area contributed by atoms with Crippen LogP contribution in [0.25, 0.3) is 0 Å². The van der Waals surface area contributed by atoms with Crippen LogP contribution in [0.4, 0.5) is 5.69 Å². The van der Waals surface area contributed by atoms with Gasteiger partial charge in [0.25, 0.3) is 5.69 Å². The van der Waals surface area contributed by atoms with Crippen LogP contribution in [-0.2, 0) is 10.0 Å². The van der Waals surface area contributed by atoms with Crippen molar-refractivity contribution < 1.29 is 18.1 Å². The first-order chi connectivity index (χ1) is 11.3. The lowest BCUT2D eigenvalue weighted by Crippen LogP contribution is -2.38. The Kier molecular flexibility index (Phi) is 4.50. The maximum absolute atomic E-state index is 13.0. The van der Waals surface area contributed by atoms with Gasteiger partial charge in [0.15, 0.2) is 0 Å². The number of ether oxygens (including phenoxy) is 1. The predicted molar refractivity (Wildman–Crippen MR) is 87.2 cm³/mol. The summed E-state index contributed by atoms with van der Waals surface area (Å²) in [4.78, 5) is 10.2. The fourth-order valence-corrected chi connectivity index (χ4v) is 5.46. The Hall–Kier alpha value is -1.71. The Morgan fingerprint density at radius 1 is 1.33 bits per heavy atom. The molecule has 1 saturated carbocycles. The Balaban J connectivity index is 1.92. The van der Waals surface area contributed by atoms with E-state index in [9.17, 15) is 18.5 Å². The van der Waals surface area contributed by atoms with Gasteiger partial charge in [-0.25, -0.2) is 8.42 Å². The standard InChI is InChI=1S/C15H21N3O5S/c1-23-14-7-11(18(19)20)5-6-15(14)24(21,22)17-8-10-3-2-4-13(16)12(10)9-17/h5-7,10,12-13H,2-4,8-9,16H2,1H3. The smallest absolute Gasteiger partial charge is 0.273 e. The van der Waals surface area contributed by atoms with Crippen LogP contribution in [0, 0.1) is 22.0 Å². The fourth-order valence-electron chi connectivity index (χ4n) is 3.79. The Morgan fingerprint density at radius 2 is 2.08 bits per heavy atom. The normalized spacial score (nSPS) is 27.7. The molecule has 1 aliphatic carbocycles. The number of sulfonamides is 1. The summed E-state index contributed by atoms with van der Waals surface area (Å²) in [5, 5.41) is 10.9. The summed E-state index contributed by atoms with van der Waals surface area (Å²) in [6.07, 6.45) is 2.94. The van der Waals surface area contributed by atoms with Crippen molar-refractivity contribution in [1.82, 2.24) is 4.31 Å². The first-order valence-corrected chi connectivity index (χ1v) is 9.36. The molecule has 2 N–H and O–H groups in total. The molecule has 9 heteroatoms. The molecule has 0 radical (unpaired) electrons. The van der Waals surface area contributed by atoms with Gasteiger partial charge < -0.3 is 10.5 Å². The Labute approximate surface area is 140 Å². The van der Waals surface area contributed by atoms with E-state index in [1.54, 1.807) is 0 Å². The summed E-state index contributed by atoms with van der Waals surface area (Å²) in [5.74, 6) is 0.452. The van der Waals surface area contributed by atoms with Crippen molar-refractivity contribution >= 4 is 15.7 Å². The first-order valence-electron chi connectivity index (χ1n) is 7.92. The molecule has 1 aromatic rings. The zero-order valence-electron chi connectivity index (χ0n) is 13.4. The third-order valence-corrected chi connectivity index (χ3v) is 6.97. The van der Waals surface area contributed by atoms with Gasteiger partial charge in [0.1, 0.15) is 10.6 Å². The number of nitro groups is 1. The Bertz CT molecular complexity index is 751. The maximum atomic E-state index is 13.0. The quantitative estimate of drug-likeness (QED) is 0.644. The van der Waals surface area contributed by atoms with Crippen LogP contribution in [0.5, 0.6) is 5.75 Å². The van der Waals surface area contributed by atoms with E-state index in [0.29, 0.717) is 13.1 Å². The number of hydrogen-bond donors (Lipinski definition) is 1. The number of nitro benzene ring substituents is 1. The molecule has 1 saturated heterocycles. The average molecular weight is 355 g/mol. The molecular formula is C15H21N3O5S.